The minimum Gasteiger partial charge on any atom is -0.492 e. The third-order valence-electron chi connectivity index (χ3n) is 3.83. The SMILES string of the molecule is CCOc1ccccc1NC(=O)CC(=O)N1CCC[C@H]1COC. The number of anilines is 1. The number of nitrogens with one attached hydrogen (secondary N) is 1. The normalized spacial score (nSPS) is 17.1. The Bertz CT molecular complexity index is 547. The van der Waals surface area contributed by atoms with E-state index in [-0.39, 0.29) is 24.3 Å². The fraction of sp³-hybridized carbons (Fsp3) is 0.529. The summed E-state index contributed by atoms with van der Waals surface area (Å²) in [6.45, 7) is 3.60. The Balaban J connectivity index is 1.93. The molecule has 0 aliphatic carbocycles. The molecule has 126 valence electrons. The van der Waals surface area contributed by atoms with Gasteiger partial charge in [-0.2, -0.15) is 0 Å². The summed E-state index contributed by atoms with van der Waals surface area (Å²) < 4.78 is 10.6. The summed E-state index contributed by atoms with van der Waals surface area (Å²) in [6.07, 6.45) is 1.71. The highest BCUT2D eigenvalue weighted by molar-refractivity contribution is 6.04. The van der Waals surface area contributed by atoms with E-state index in [1.807, 2.05) is 19.1 Å². The molecule has 2 rings (SSSR count). The highest BCUT2D eigenvalue weighted by Crippen LogP contribution is 2.24. The summed E-state index contributed by atoms with van der Waals surface area (Å²) in [5, 5.41) is 2.75. The zero-order chi connectivity index (χ0) is 16.7. The van der Waals surface area contributed by atoms with E-state index in [2.05, 4.69) is 5.32 Å². The van der Waals surface area contributed by atoms with Crippen molar-refractivity contribution in [3.05, 3.63) is 24.3 Å². The molecule has 1 aliphatic rings. The fourth-order valence-corrected chi connectivity index (χ4v) is 2.81. The number of rotatable bonds is 7. The summed E-state index contributed by atoms with van der Waals surface area (Å²) >= 11 is 0. The minimum atomic E-state index is -0.329. The van der Waals surface area contributed by atoms with Crippen molar-refractivity contribution >= 4 is 17.5 Å². The molecule has 1 N–H and O–H groups in total. The number of benzene rings is 1. The van der Waals surface area contributed by atoms with Crippen molar-refractivity contribution in [1.29, 1.82) is 0 Å². The lowest BCUT2D eigenvalue weighted by Gasteiger charge is -2.24. The summed E-state index contributed by atoms with van der Waals surface area (Å²) in [4.78, 5) is 26.2. The number of ether oxygens (including phenoxy) is 2. The van der Waals surface area contributed by atoms with Crippen molar-refractivity contribution in [3.8, 4) is 5.75 Å². The van der Waals surface area contributed by atoms with Crippen LogP contribution in [-0.4, -0.2) is 49.6 Å². The van der Waals surface area contributed by atoms with Gasteiger partial charge in [0.05, 0.1) is 24.9 Å². The van der Waals surface area contributed by atoms with Crippen LogP contribution in [0.2, 0.25) is 0 Å². The van der Waals surface area contributed by atoms with E-state index in [0.29, 0.717) is 31.2 Å². The van der Waals surface area contributed by atoms with E-state index in [0.717, 1.165) is 12.8 Å². The Hall–Kier alpha value is -2.08. The molecule has 0 spiro atoms. The van der Waals surface area contributed by atoms with Crippen LogP contribution in [0.4, 0.5) is 5.69 Å². The van der Waals surface area contributed by atoms with Crippen LogP contribution in [0.3, 0.4) is 0 Å². The average molecular weight is 320 g/mol. The molecule has 2 amide bonds. The second-order valence-electron chi connectivity index (χ2n) is 5.49. The molecule has 0 unspecified atom stereocenters. The Kier molecular flexibility index (Phi) is 6.40. The number of carbonyl (C=O) groups is 2. The fourth-order valence-electron chi connectivity index (χ4n) is 2.81. The van der Waals surface area contributed by atoms with Gasteiger partial charge in [0.25, 0.3) is 0 Å². The van der Waals surface area contributed by atoms with Crippen molar-refractivity contribution in [1.82, 2.24) is 4.90 Å². The van der Waals surface area contributed by atoms with Crippen LogP contribution in [-0.2, 0) is 14.3 Å². The van der Waals surface area contributed by atoms with Crippen LogP contribution in [0.5, 0.6) is 5.75 Å². The Morgan fingerprint density at radius 2 is 2.13 bits per heavy atom. The number of amides is 2. The molecule has 1 fully saturated rings. The first-order valence-electron chi connectivity index (χ1n) is 7.95. The minimum absolute atomic E-state index is 0.0796. The van der Waals surface area contributed by atoms with Gasteiger partial charge in [-0.25, -0.2) is 0 Å². The molecule has 23 heavy (non-hydrogen) atoms. The Morgan fingerprint density at radius 1 is 1.35 bits per heavy atom. The topological polar surface area (TPSA) is 67.9 Å². The standard InChI is InChI=1S/C17H24N2O4/c1-3-23-15-9-5-4-8-14(15)18-16(20)11-17(21)19-10-6-7-13(19)12-22-2/h4-5,8-9,13H,3,6-7,10-12H2,1-2H3,(H,18,20)/t13-/m0/s1. The van der Waals surface area contributed by atoms with Gasteiger partial charge in [-0.3, -0.25) is 9.59 Å². The maximum Gasteiger partial charge on any atom is 0.233 e. The predicted molar refractivity (Wildman–Crippen MR) is 87.5 cm³/mol. The maximum absolute atomic E-state index is 12.3. The van der Waals surface area contributed by atoms with Crippen LogP contribution in [0.1, 0.15) is 26.2 Å². The van der Waals surface area contributed by atoms with Gasteiger partial charge in [0.2, 0.25) is 11.8 Å². The van der Waals surface area contributed by atoms with Crippen molar-refractivity contribution in [2.75, 3.05) is 32.2 Å². The second kappa shape index (κ2) is 8.53. The highest BCUT2D eigenvalue weighted by atomic mass is 16.5. The van der Waals surface area contributed by atoms with Gasteiger partial charge in [0.15, 0.2) is 0 Å². The van der Waals surface area contributed by atoms with E-state index in [4.69, 9.17) is 9.47 Å². The number of para-hydroxylation sites is 2. The molecule has 6 nitrogen and oxygen atoms in total. The van der Waals surface area contributed by atoms with Gasteiger partial charge in [-0.05, 0) is 31.9 Å². The van der Waals surface area contributed by atoms with E-state index < -0.39 is 0 Å². The van der Waals surface area contributed by atoms with Gasteiger partial charge in [0.1, 0.15) is 12.2 Å². The first-order chi connectivity index (χ1) is 11.2. The molecule has 1 atom stereocenters. The lowest BCUT2D eigenvalue weighted by atomic mass is 10.2. The van der Waals surface area contributed by atoms with Crippen molar-refractivity contribution in [3.63, 3.8) is 0 Å². The predicted octanol–water partition coefficient (Wildman–Crippen LogP) is 2.05. The zero-order valence-electron chi connectivity index (χ0n) is 13.7. The zero-order valence-corrected chi connectivity index (χ0v) is 13.7. The van der Waals surface area contributed by atoms with Crippen molar-refractivity contribution in [2.45, 2.75) is 32.2 Å². The Morgan fingerprint density at radius 3 is 2.87 bits per heavy atom. The van der Waals surface area contributed by atoms with Gasteiger partial charge < -0.3 is 19.7 Å². The molecule has 6 heteroatoms. The highest BCUT2D eigenvalue weighted by Gasteiger charge is 2.29. The van der Waals surface area contributed by atoms with Crippen LogP contribution in [0, 0.1) is 0 Å². The number of likely N-dealkylation sites (tertiary alicyclic amines) is 1. The molecule has 1 heterocycles. The molecular weight excluding hydrogens is 296 g/mol. The summed E-state index contributed by atoms with van der Waals surface area (Å²) in [6, 6.07) is 7.28. The quantitative estimate of drug-likeness (QED) is 0.781. The van der Waals surface area contributed by atoms with Crippen molar-refractivity contribution in [2.24, 2.45) is 0 Å². The van der Waals surface area contributed by atoms with Gasteiger partial charge in [0, 0.05) is 13.7 Å². The summed E-state index contributed by atoms with van der Waals surface area (Å²) in [7, 11) is 1.62. The van der Waals surface area contributed by atoms with Crippen LogP contribution < -0.4 is 10.1 Å². The molecule has 0 saturated carbocycles. The van der Waals surface area contributed by atoms with Crippen molar-refractivity contribution < 1.29 is 19.1 Å². The van der Waals surface area contributed by atoms with E-state index in [1.54, 1.807) is 24.1 Å². The van der Waals surface area contributed by atoms with Crippen LogP contribution in [0.25, 0.3) is 0 Å². The number of methoxy groups -OCH3 is 1. The van der Waals surface area contributed by atoms with Gasteiger partial charge in [-0.1, -0.05) is 12.1 Å². The number of hydrogen-bond donors (Lipinski definition) is 1. The first-order valence-corrected chi connectivity index (χ1v) is 7.95. The van der Waals surface area contributed by atoms with Crippen LogP contribution >= 0.6 is 0 Å². The lowest BCUT2D eigenvalue weighted by molar-refractivity contribution is -0.136. The summed E-state index contributed by atoms with van der Waals surface area (Å²) in [5.41, 5.74) is 0.585. The Labute approximate surface area is 136 Å². The second-order valence-corrected chi connectivity index (χ2v) is 5.49. The molecule has 1 aliphatic heterocycles. The lowest BCUT2D eigenvalue weighted by Crippen LogP contribution is -2.39. The molecule has 1 aromatic rings. The smallest absolute Gasteiger partial charge is 0.233 e. The first kappa shape index (κ1) is 17.3. The number of nitrogens with zero attached hydrogens (tertiary/aromatic N) is 1. The monoisotopic (exact) mass is 320 g/mol. The van der Waals surface area contributed by atoms with Gasteiger partial charge >= 0.3 is 0 Å². The molecular formula is C17H24N2O4. The average Bonchev–Trinajstić information content (AvgIpc) is 2.98. The van der Waals surface area contributed by atoms with Gasteiger partial charge in [-0.15, -0.1) is 0 Å². The third kappa shape index (κ3) is 4.69. The largest absolute Gasteiger partial charge is 0.492 e. The number of carbonyl (C=O) groups excluding carboxylic acids is 2. The van der Waals surface area contributed by atoms with E-state index in [9.17, 15) is 9.59 Å². The summed E-state index contributed by atoms with van der Waals surface area (Å²) in [5.74, 6) is 0.121. The third-order valence-corrected chi connectivity index (χ3v) is 3.83. The molecule has 0 radical (unpaired) electrons. The van der Waals surface area contributed by atoms with E-state index in [1.165, 1.54) is 0 Å². The van der Waals surface area contributed by atoms with E-state index >= 15 is 0 Å². The molecule has 1 aromatic carbocycles. The van der Waals surface area contributed by atoms with Crippen LogP contribution in [0.15, 0.2) is 24.3 Å². The number of hydrogen-bond acceptors (Lipinski definition) is 4. The molecule has 0 bridgehead atoms. The molecule has 1 saturated heterocycles. The maximum atomic E-state index is 12.3. The molecule has 0 aromatic heterocycles.